The second-order valence-electron chi connectivity index (χ2n) is 6.56. The molecule has 3 rings (SSSR count). The number of rotatable bonds is 7. The number of likely N-dealkylation sites (N-methyl/N-ethyl adjacent to an activating group) is 1. The van der Waals surface area contributed by atoms with Gasteiger partial charge in [0.1, 0.15) is 6.54 Å². The molecule has 0 aliphatic carbocycles. The molecule has 1 aromatic carbocycles. The zero-order chi connectivity index (χ0) is 20.1. The first-order chi connectivity index (χ1) is 13.5. The highest BCUT2D eigenvalue weighted by Crippen LogP contribution is 2.30. The van der Waals surface area contributed by atoms with Gasteiger partial charge >= 0.3 is 0 Å². The molecule has 146 valence electrons. The number of benzene rings is 1. The van der Waals surface area contributed by atoms with Gasteiger partial charge in [0.15, 0.2) is 10.9 Å². The van der Waals surface area contributed by atoms with Gasteiger partial charge in [0.05, 0.1) is 12.0 Å². The summed E-state index contributed by atoms with van der Waals surface area (Å²) in [5.41, 5.74) is 3.19. The smallest absolute Gasteiger partial charge is 0.289 e. The molecule has 3 aromatic rings. The van der Waals surface area contributed by atoms with Crippen LogP contribution in [-0.4, -0.2) is 35.3 Å². The van der Waals surface area contributed by atoms with Crippen LogP contribution >= 0.6 is 11.3 Å². The summed E-state index contributed by atoms with van der Waals surface area (Å²) in [6, 6.07) is 11.6. The van der Waals surface area contributed by atoms with Crippen LogP contribution in [0.3, 0.4) is 0 Å². The summed E-state index contributed by atoms with van der Waals surface area (Å²) < 4.78 is 5.07. The molecule has 28 heavy (non-hydrogen) atoms. The van der Waals surface area contributed by atoms with Gasteiger partial charge in [-0.15, -0.1) is 11.3 Å². The Bertz CT molecular complexity index is 946. The molecule has 0 radical (unpaired) electrons. The number of nitrogens with zero attached hydrogens (tertiary/aromatic N) is 2. The van der Waals surface area contributed by atoms with Crippen LogP contribution in [0.5, 0.6) is 0 Å². The van der Waals surface area contributed by atoms with Gasteiger partial charge in [-0.3, -0.25) is 9.59 Å². The molecule has 0 saturated heterocycles. The lowest BCUT2D eigenvalue weighted by Gasteiger charge is -2.14. The number of hydrogen-bond donors (Lipinski definition) is 1. The van der Waals surface area contributed by atoms with E-state index < -0.39 is 0 Å². The Labute approximate surface area is 168 Å². The van der Waals surface area contributed by atoms with Crippen molar-refractivity contribution in [3.05, 3.63) is 58.9 Å². The van der Waals surface area contributed by atoms with Crippen molar-refractivity contribution in [2.75, 3.05) is 18.9 Å². The minimum Gasteiger partial charge on any atom is -0.459 e. The molecule has 0 spiro atoms. The maximum Gasteiger partial charge on any atom is 0.289 e. The fourth-order valence-corrected chi connectivity index (χ4v) is 3.72. The minimum atomic E-state index is -0.344. The van der Waals surface area contributed by atoms with Gasteiger partial charge in [-0.25, -0.2) is 4.98 Å². The number of carbonyl (C=O) groups excluding carboxylic acids is 2. The molecule has 2 aromatic heterocycles. The normalized spacial score (nSPS) is 10.7. The van der Waals surface area contributed by atoms with Gasteiger partial charge in [0.2, 0.25) is 5.91 Å². The predicted molar refractivity (Wildman–Crippen MR) is 111 cm³/mol. The molecule has 7 heteroatoms. The Morgan fingerprint density at radius 1 is 1.21 bits per heavy atom. The number of aromatic nitrogens is 1. The number of hydrogen-bond acceptors (Lipinski definition) is 5. The number of aryl methyl sites for hydroxylation is 2. The number of nitrogens with one attached hydrogen (secondary N) is 1. The van der Waals surface area contributed by atoms with Crippen LogP contribution in [0.15, 0.2) is 47.1 Å². The Hall–Kier alpha value is -2.93. The lowest BCUT2D eigenvalue weighted by Crippen LogP contribution is -2.34. The van der Waals surface area contributed by atoms with E-state index in [1.807, 2.05) is 6.92 Å². The highest BCUT2D eigenvalue weighted by molar-refractivity contribution is 7.16. The Kier molecular flexibility index (Phi) is 6.26. The van der Waals surface area contributed by atoms with Crippen molar-refractivity contribution in [1.29, 1.82) is 0 Å². The highest BCUT2D eigenvalue weighted by Gasteiger charge is 2.18. The maximum absolute atomic E-state index is 12.3. The molecule has 0 aliphatic rings. The van der Waals surface area contributed by atoms with E-state index in [-0.39, 0.29) is 24.1 Å². The second kappa shape index (κ2) is 8.84. The monoisotopic (exact) mass is 397 g/mol. The second-order valence-corrected chi connectivity index (χ2v) is 7.76. The first-order valence-electron chi connectivity index (χ1n) is 9.13. The molecule has 0 atom stereocenters. The van der Waals surface area contributed by atoms with Gasteiger partial charge in [-0.2, -0.15) is 0 Å². The first-order valence-corrected chi connectivity index (χ1v) is 9.95. The van der Waals surface area contributed by atoms with Crippen LogP contribution in [0.2, 0.25) is 0 Å². The zero-order valence-electron chi connectivity index (χ0n) is 16.2. The third-order valence-electron chi connectivity index (χ3n) is 4.27. The van der Waals surface area contributed by atoms with E-state index >= 15 is 0 Å². The van der Waals surface area contributed by atoms with Crippen molar-refractivity contribution in [3.8, 4) is 11.3 Å². The molecule has 2 amide bonds. The molecule has 0 aliphatic heterocycles. The van der Waals surface area contributed by atoms with E-state index in [4.69, 9.17) is 4.42 Å². The molecule has 2 heterocycles. The van der Waals surface area contributed by atoms with Crippen LogP contribution in [0, 0.1) is 6.92 Å². The van der Waals surface area contributed by atoms with E-state index in [0.29, 0.717) is 5.13 Å². The van der Waals surface area contributed by atoms with Crippen molar-refractivity contribution in [3.63, 3.8) is 0 Å². The van der Waals surface area contributed by atoms with Gasteiger partial charge in [0.25, 0.3) is 5.91 Å². The molecule has 0 saturated carbocycles. The van der Waals surface area contributed by atoms with Crippen LogP contribution in [0.25, 0.3) is 11.3 Å². The molecular formula is C21H23N3O3S. The Morgan fingerprint density at radius 3 is 2.61 bits per heavy atom. The number of amides is 2. The Morgan fingerprint density at radius 2 is 1.96 bits per heavy atom. The summed E-state index contributed by atoms with van der Waals surface area (Å²) in [5.74, 6) is -0.446. The van der Waals surface area contributed by atoms with Gasteiger partial charge in [0, 0.05) is 17.5 Å². The average Bonchev–Trinajstić information content (AvgIpc) is 3.32. The third kappa shape index (κ3) is 4.67. The molecule has 1 N–H and O–H groups in total. The summed E-state index contributed by atoms with van der Waals surface area (Å²) in [6.45, 7) is 4.06. The van der Waals surface area contributed by atoms with E-state index in [9.17, 15) is 9.59 Å². The highest BCUT2D eigenvalue weighted by atomic mass is 32.1. The van der Waals surface area contributed by atoms with Crippen LogP contribution < -0.4 is 5.32 Å². The topological polar surface area (TPSA) is 75.4 Å². The van der Waals surface area contributed by atoms with Crippen molar-refractivity contribution >= 4 is 28.3 Å². The number of anilines is 1. The summed E-state index contributed by atoms with van der Waals surface area (Å²) in [5, 5.41) is 3.30. The van der Waals surface area contributed by atoms with Crippen LogP contribution in [-0.2, 0) is 11.2 Å². The van der Waals surface area contributed by atoms with Gasteiger partial charge in [-0.05, 0) is 31.0 Å². The quantitative estimate of drug-likeness (QED) is 0.642. The maximum atomic E-state index is 12.3. The van der Waals surface area contributed by atoms with E-state index in [1.165, 1.54) is 28.1 Å². The summed E-state index contributed by atoms with van der Waals surface area (Å²) in [4.78, 5) is 31.3. The molecule has 6 nitrogen and oxygen atoms in total. The predicted octanol–water partition coefficient (Wildman–Crippen LogP) is 4.37. The number of furan rings is 1. The van der Waals surface area contributed by atoms with Crippen LogP contribution in [0.1, 0.15) is 34.3 Å². The fraction of sp³-hybridized carbons (Fsp3) is 0.286. The molecule has 0 bridgehead atoms. The standard InChI is InChI=1S/C21H23N3O3S/c1-4-6-15-8-10-16(11-9-15)19-14(2)28-21(23-19)22-18(25)13-24(3)20(26)17-7-5-12-27-17/h5,7-12H,4,6,13H2,1-3H3,(H,22,23,25). The van der Waals surface area contributed by atoms with Gasteiger partial charge < -0.3 is 14.6 Å². The van der Waals surface area contributed by atoms with E-state index in [2.05, 4.69) is 41.5 Å². The lowest BCUT2D eigenvalue weighted by molar-refractivity contribution is -0.116. The van der Waals surface area contributed by atoms with E-state index in [1.54, 1.807) is 19.2 Å². The summed E-state index contributed by atoms with van der Waals surface area (Å²) in [7, 11) is 1.56. The number of carbonyl (C=O) groups is 2. The van der Waals surface area contributed by atoms with Crippen molar-refractivity contribution < 1.29 is 14.0 Å². The molecule has 0 fully saturated rings. The largest absolute Gasteiger partial charge is 0.459 e. The third-order valence-corrected chi connectivity index (χ3v) is 5.15. The first kappa shape index (κ1) is 19.8. The zero-order valence-corrected chi connectivity index (χ0v) is 17.0. The Balaban J connectivity index is 1.64. The number of thiazole rings is 1. The van der Waals surface area contributed by atoms with Crippen molar-refractivity contribution in [1.82, 2.24) is 9.88 Å². The fourth-order valence-electron chi connectivity index (χ4n) is 2.87. The van der Waals surface area contributed by atoms with Crippen molar-refractivity contribution in [2.45, 2.75) is 26.7 Å². The molecular weight excluding hydrogens is 374 g/mol. The van der Waals surface area contributed by atoms with E-state index in [0.717, 1.165) is 29.0 Å². The molecule has 0 unspecified atom stereocenters. The minimum absolute atomic E-state index is 0.0841. The summed E-state index contributed by atoms with van der Waals surface area (Å²) in [6.07, 6.45) is 3.60. The average molecular weight is 398 g/mol. The lowest BCUT2D eigenvalue weighted by atomic mass is 10.1. The van der Waals surface area contributed by atoms with Gasteiger partial charge in [-0.1, -0.05) is 37.6 Å². The summed E-state index contributed by atoms with van der Waals surface area (Å²) >= 11 is 1.42. The van der Waals surface area contributed by atoms with Crippen molar-refractivity contribution in [2.24, 2.45) is 0 Å². The SMILES string of the molecule is CCCc1ccc(-c2nc(NC(=O)CN(C)C(=O)c3ccco3)sc2C)cc1. The van der Waals surface area contributed by atoms with Crippen LogP contribution in [0.4, 0.5) is 5.13 Å².